The van der Waals surface area contributed by atoms with Crippen molar-refractivity contribution in [3.05, 3.63) is 106 Å². The largest absolute Gasteiger partial charge is 0.355 e. The van der Waals surface area contributed by atoms with Gasteiger partial charge in [0.25, 0.3) is 0 Å². The summed E-state index contributed by atoms with van der Waals surface area (Å²) in [4.78, 5) is 12.9. The fourth-order valence-corrected chi connectivity index (χ4v) is 6.63. The lowest BCUT2D eigenvalue weighted by molar-refractivity contribution is -0.124. The normalized spacial score (nSPS) is 16.9. The Labute approximate surface area is 210 Å². The molecule has 0 spiro atoms. The van der Waals surface area contributed by atoms with E-state index in [2.05, 4.69) is 21.2 Å². The van der Waals surface area contributed by atoms with Crippen molar-refractivity contribution < 1.29 is 13.2 Å². The maximum absolute atomic E-state index is 14.1. The molecule has 3 aromatic carbocycles. The van der Waals surface area contributed by atoms with E-state index in [0.29, 0.717) is 13.0 Å². The lowest BCUT2D eigenvalue weighted by Gasteiger charge is -2.31. The molecule has 178 valence electrons. The van der Waals surface area contributed by atoms with Gasteiger partial charge in [-0.2, -0.15) is 4.31 Å². The Morgan fingerprint density at radius 2 is 1.47 bits per heavy atom. The first kappa shape index (κ1) is 24.6. The fourth-order valence-electron chi connectivity index (χ4n) is 4.43. The number of halogens is 1. The first-order chi connectivity index (χ1) is 16.4. The van der Waals surface area contributed by atoms with E-state index in [1.165, 1.54) is 4.31 Å². The molecule has 1 saturated heterocycles. The van der Waals surface area contributed by atoms with E-state index in [9.17, 15) is 13.2 Å². The molecule has 4 rings (SSSR count). The van der Waals surface area contributed by atoms with Crippen molar-refractivity contribution in [1.82, 2.24) is 9.62 Å². The summed E-state index contributed by atoms with van der Waals surface area (Å²) < 4.78 is 30.5. The van der Waals surface area contributed by atoms with E-state index in [-0.39, 0.29) is 24.1 Å². The third-order valence-electron chi connectivity index (χ3n) is 6.24. The van der Waals surface area contributed by atoms with Crippen LogP contribution in [0, 0.1) is 0 Å². The molecule has 0 aromatic heterocycles. The van der Waals surface area contributed by atoms with Gasteiger partial charge in [-0.3, -0.25) is 4.79 Å². The number of amides is 1. The molecule has 1 fully saturated rings. The second-order valence-electron chi connectivity index (χ2n) is 8.63. The van der Waals surface area contributed by atoms with Gasteiger partial charge < -0.3 is 5.32 Å². The average Bonchev–Trinajstić information content (AvgIpc) is 3.07. The highest BCUT2D eigenvalue weighted by molar-refractivity contribution is 9.10. The number of benzene rings is 3. The summed E-state index contributed by atoms with van der Waals surface area (Å²) in [6.07, 6.45) is 2.17. The fraction of sp³-hybridized carbons (Fsp3) is 0.296. The van der Waals surface area contributed by atoms with Crippen LogP contribution < -0.4 is 5.32 Å². The molecule has 34 heavy (non-hydrogen) atoms. The van der Waals surface area contributed by atoms with Crippen LogP contribution in [0.25, 0.3) is 0 Å². The van der Waals surface area contributed by atoms with Gasteiger partial charge in [-0.05, 0) is 48.1 Å². The standard InChI is InChI=1S/C27H29BrN2O3S/c28-24-16-14-21(15-17-24)19-30(26-13-7-8-18-29-27(26)31)34(32,33)20-25(22-9-3-1-4-10-22)23-11-5-2-6-12-23/h1-6,9-12,14-17,25-26H,7-8,13,18-20H2,(H,29,31)/t26-/m1/s1. The Bertz CT molecular complexity index is 1150. The molecule has 0 aliphatic carbocycles. The Morgan fingerprint density at radius 3 is 2.06 bits per heavy atom. The Hall–Kier alpha value is -2.48. The van der Waals surface area contributed by atoms with Crippen LogP contribution in [0.15, 0.2) is 89.4 Å². The van der Waals surface area contributed by atoms with Gasteiger partial charge >= 0.3 is 0 Å². The van der Waals surface area contributed by atoms with Crippen LogP contribution in [-0.2, 0) is 21.4 Å². The van der Waals surface area contributed by atoms with E-state index in [4.69, 9.17) is 0 Å². The number of nitrogens with one attached hydrogen (secondary N) is 1. The van der Waals surface area contributed by atoms with Crippen LogP contribution in [0.2, 0.25) is 0 Å². The third-order valence-corrected chi connectivity index (χ3v) is 8.63. The molecule has 1 atom stereocenters. The minimum absolute atomic E-state index is 0.110. The number of hydrogen-bond acceptors (Lipinski definition) is 3. The van der Waals surface area contributed by atoms with Gasteiger partial charge in [-0.25, -0.2) is 8.42 Å². The highest BCUT2D eigenvalue weighted by atomic mass is 79.9. The molecular formula is C27H29BrN2O3S. The van der Waals surface area contributed by atoms with E-state index < -0.39 is 16.1 Å². The number of carbonyl (C=O) groups excluding carboxylic acids is 1. The Morgan fingerprint density at radius 1 is 0.882 bits per heavy atom. The van der Waals surface area contributed by atoms with Gasteiger partial charge in [0, 0.05) is 23.5 Å². The minimum atomic E-state index is -3.81. The summed E-state index contributed by atoms with van der Waals surface area (Å²) in [6, 6.07) is 26.3. The van der Waals surface area contributed by atoms with Gasteiger partial charge in [-0.15, -0.1) is 0 Å². The van der Waals surface area contributed by atoms with Gasteiger partial charge in [0.1, 0.15) is 6.04 Å². The highest BCUT2D eigenvalue weighted by Crippen LogP contribution is 2.30. The molecule has 1 amide bonds. The molecule has 7 heteroatoms. The quantitative estimate of drug-likeness (QED) is 0.433. The van der Waals surface area contributed by atoms with Gasteiger partial charge in [0.2, 0.25) is 15.9 Å². The van der Waals surface area contributed by atoms with E-state index in [0.717, 1.165) is 34.0 Å². The summed E-state index contributed by atoms with van der Waals surface area (Å²) >= 11 is 3.44. The van der Waals surface area contributed by atoms with E-state index >= 15 is 0 Å². The predicted molar refractivity (Wildman–Crippen MR) is 139 cm³/mol. The molecule has 1 aliphatic heterocycles. The van der Waals surface area contributed by atoms with Crippen LogP contribution in [0.4, 0.5) is 0 Å². The summed E-state index contributed by atoms with van der Waals surface area (Å²) in [7, 11) is -3.81. The van der Waals surface area contributed by atoms with Gasteiger partial charge in [0.05, 0.1) is 5.75 Å². The van der Waals surface area contributed by atoms with Crippen LogP contribution in [0.3, 0.4) is 0 Å². The Kier molecular flexibility index (Phi) is 8.19. The number of nitrogens with zero attached hydrogens (tertiary/aromatic N) is 1. The molecule has 1 aliphatic rings. The Balaban J connectivity index is 1.72. The summed E-state index contributed by atoms with van der Waals surface area (Å²) in [5.41, 5.74) is 2.72. The summed E-state index contributed by atoms with van der Waals surface area (Å²) in [6.45, 7) is 0.738. The first-order valence-corrected chi connectivity index (χ1v) is 14.0. The molecule has 0 radical (unpaired) electrons. The van der Waals surface area contributed by atoms with Gasteiger partial charge in [0.15, 0.2) is 0 Å². The number of carbonyl (C=O) groups is 1. The summed E-state index contributed by atoms with van der Waals surface area (Å²) in [5, 5.41) is 2.91. The number of rotatable bonds is 8. The van der Waals surface area contributed by atoms with Crippen LogP contribution in [0.5, 0.6) is 0 Å². The zero-order valence-corrected chi connectivity index (χ0v) is 21.3. The zero-order chi connectivity index (χ0) is 24.0. The SMILES string of the molecule is O=C1NCCCC[C@H]1N(Cc1ccc(Br)cc1)S(=O)(=O)CC(c1ccccc1)c1ccccc1. The van der Waals surface area contributed by atoms with Crippen LogP contribution in [0.1, 0.15) is 41.9 Å². The number of sulfonamides is 1. The number of hydrogen-bond donors (Lipinski definition) is 1. The average molecular weight is 542 g/mol. The second-order valence-corrected chi connectivity index (χ2v) is 11.5. The predicted octanol–water partition coefficient (Wildman–Crippen LogP) is 5.08. The maximum atomic E-state index is 14.1. The van der Waals surface area contributed by atoms with Crippen molar-refractivity contribution in [2.24, 2.45) is 0 Å². The third kappa shape index (κ3) is 6.14. The lowest BCUT2D eigenvalue weighted by atomic mass is 9.93. The smallest absolute Gasteiger partial charge is 0.238 e. The topological polar surface area (TPSA) is 66.5 Å². The van der Waals surface area contributed by atoms with Crippen molar-refractivity contribution >= 4 is 31.9 Å². The molecule has 1 N–H and O–H groups in total. The molecule has 1 heterocycles. The van der Waals surface area contributed by atoms with Crippen molar-refractivity contribution in [2.75, 3.05) is 12.3 Å². The zero-order valence-electron chi connectivity index (χ0n) is 18.9. The van der Waals surface area contributed by atoms with E-state index in [1.54, 1.807) is 0 Å². The maximum Gasteiger partial charge on any atom is 0.238 e. The van der Waals surface area contributed by atoms with Crippen LogP contribution in [-0.4, -0.2) is 37.0 Å². The van der Waals surface area contributed by atoms with Crippen molar-refractivity contribution in [3.8, 4) is 0 Å². The van der Waals surface area contributed by atoms with E-state index in [1.807, 2.05) is 84.9 Å². The molecule has 0 unspecified atom stereocenters. The van der Waals surface area contributed by atoms with Crippen LogP contribution >= 0.6 is 15.9 Å². The minimum Gasteiger partial charge on any atom is -0.355 e. The molecule has 0 bridgehead atoms. The lowest BCUT2D eigenvalue weighted by Crippen LogP contribution is -2.49. The van der Waals surface area contributed by atoms with Crippen molar-refractivity contribution in [1.29, 1.82) is 0 Å². The first-order valence-electron chi connectivity index (χ1n) is 11.6. The second kappa shape index (κ2) is 11.3. The molecular weight excluding hydrogens is 512 g/mol. The molecule has 0 saturated carbocycles. The van der Waals surface area contributed by atoms with Crippen molar-refractivity contribution in [2.45, 2.75) is 37.8 Å². The monoisotopic (exact) mass is 540 g/mol. The van der Waals surface area contributed by atoms with Crippen molar-refractivity contribution in [3.63, 3.8) is 0 Å². The molecule has 3 aromatic rings. The highest BCUT2D eigenvalue weighted by Gasteiger charge is 2.37. The molecule has 5 nitrogen and oxygen atoms in total. The van der Waals surface area contributed by atoms with Gasteiger partial charge in [-0.1, -0.05) is 88.7 Å². The summed E-state index contributed by atoms with van der Waals surface area (Å²) in [5.74, 6) is -0.663.